The van der Waals surface area contributed by atoms with Crippen LogP contribution >= 0.6 is 0 Å². The lowest BCUT2D eigenvalue weighted by molar-refractivity contribution is -0.131. The Morgan fingerprint density at radius 2 is 2.13 bits per heavy atom. The number of ether oxygens (including phenoxy) is 1. The number of anilines is 1. The molecule has 0 atom stereocenters. The van der Waals surface area contributed by atoms with Crippen LogP contribution in [0.5, 0.6) is 5.75 Å². The summed E-state index contributed by atoms with van der Waals surface area (Å²) in [6, 6.07) is 4.76. The molecule has 1 N–H and O–H groups in total. The van der Waals surface area contributed by atoms with Gasteiger partial charge in [0.15, 0.2) is 11.8 Å². The highest BCUT2D eigenvalue weighted by Gasteiger charge is 2.12. The Balaban J connectivity index is 2.23. The summed E-state index contributed by atoms with van der Waals surface area (Å²) in [5.74, 6) is -0.222. The Hall–Kier alpha value is -3.32. The van der Waals surface area contributed by atoms with Crippen molar-refractivity contribution in [1.29, 1.82) is 0 Å². The van der Waals surface area contributed by atoms with Crippen LogP contribution in [0.25, 0.3) is 10.4 Å². The second kappa shape index (κ2) is 6.63. The number of carbonyl (C=O) groups excluding carboxylic acids is 2. The highest BCUT2D eigenvalue weighted by molar-refractivity contribution is 6.04. The summed E-state index contributed by atoms with van der Waals surface area (Å²) >= 11 is 0. The molecular formula is C14H14N6O3. The van der Waals surface area contributed by atoms with Crippen LogP contribution in [0.15, 0.2) is 29.5 Å². The molecule has 0 fully saturated rings. The fourth-order valence-corrected chi connectivity index (χ4v) is 1.94. The van der Waals surface area contributed by atoms with Gasteiger partial charge in [-0.25, -0.2) is 4.98 Å². The van der Waals surface area contributed by atoms with Crippen LogP contribution in [0.1, 0.15) is 22.8 Å². The summed E-state index contributed by atoms with van der Waals surface area (Å²) < 4.78 is 6.48. The zero-order valence-electron chi connectivity index (χ0n) is 12.8. The van der Waals surface area contributed by atoms with Crippen molar-refractivity contribution in [2.24, 2.45) is 12.2 Å². The number of aryl methyl sites for hydroxylation is 2. The molecule has 1 aromatic carbocycles. The molecule has 0 aliphatic carbocycles. The van der Waals surface area contributed by atoms with E-state index in [1.54, 1.807) is 26.1 Å². The second-order valence-electron chi connectivity index (χ2n) is 4.81. The van der Waals surface area contributed by atoms with Gasteiger partial charge in [0.1, 0.15) is 5.75 Å². The largest absolute Gasteiger partial charge is 0.427 e. The van der Waals surface area contributed by atoms with Crippen molar-refractivity contribution in [3.63, 3.8) is 0 Å². The van der Waals surface area contributed by atoms with Crippen LogP contribution < -0.4 is 10.1 Å². The summed E-state index contributed by atoms with van der Waals surface area (Å²) in [4.78, 5) is 29.9. The quantitative estimate of drug-likeness (QED) is 0.306. The van der Waals surface area contributed by atoms with Gasteiger partial charge in [-0.15, -0.1) is 0 Å². The number of amides is 1. The van der Waals surface area contributed by atoms with Crippen molar-refractivity contribution in [3.05, 3.63) is 46.0 Å². The van der Waals surface area contributed by atoms with Crippen molar-refractivity contribution in [2.45, 2.75) is 13.8 Å². The average molecular weight is 314 g/mol. The summed E-state index contributed by atoms with van der Waals surface area (Å²) in [6.07, 6.45) is 1.52. The topological polar surface area (TPSA) is 122 Å². The van der Waals surface area contributed by atoms with Gasteiger partial charge in [0.25, 0.3) is 5.91 Å². The Labute approximate surface area is 131 Å². The molecular weight excluding hydrogens is 300 g/mol. The number of rotatable bonds is 4. The Bertz CT molecular complexity index is 820. The Morgan fingerprint density at radius 3 is 2.78 bits per heavy atom. The molecule has 0 aliphatic rings. The van der Waals surface area contributed by atoms with Crippen molar-refractivity contribution >= 4 is 23.6 Å². The van der Waals surface area contributed by atoms with E-state index >= 15 is 0 Å². The van der Waals surface area contributed by atoms with Gasteiger partial charge < -0.3 is 14.6 Å². The number of azide groups is 1. The van der Waals surface area contributed by atoms with Gasteiger partial charge in [-0.3, -0.25) is 9.59 Å². The SMILES string of the molecule is CC(=O)Oc1cc(C)cc(C(=O)Nc2cn(C)c(N=[N+]=[N-])n2)c1. The van der Waals surface area contributed by atoms with E-state index in [-0.39, 0.29) is 11.8 Å². The number of hydrogen-bond donors (Lipinski definition) is 1. The van der Waals surface area contributed by atoms with Crippen molar-refractivity contribution in [1.82, 2.24) is 9.55 Å². The summed E-state index contributed by atoms with van der Waals surface area (Å²) in [5.41, 5.74) is 9.51. The normalized spacial score (nSPS) is 9.87. The number of benzene rings is 1. The number of nitrogens with one attached hydrogen (secondary N) is 1. The number of nitrogens with zero attached hydrogens (tertiary/aromatic N) is 5. The summed E-state index contributed by atoms with van der Waals surface area (Å²) in [6.45, 7) is 3.07. The van der Waals surface area contributed by atoms with Gasteiger partial charge in [0, 0.05) is 30.6 Å². The molecule has 0 aliphatic heterocycles. The molecule has 0 radical (unpaired) electrons. The predicted octanol–water partition coefficient (Wildman–Crippen LogP) is 2.85. The van der Waals surface area contributed by atoms with Crippen LogP contribution in [0, 0.1) is 6.92 Å². The van der Waals surface area contributed by atoms with E-state index in [0.29, 0.717) is 11.3 Å². The zero-order valence-corrected chi connectivity index (χ0v) is 12.8. The fourth-order valence-electron chi connectivity index (χ4n) is 1.94. The molecule has 9 nitrogen and oxygen atoms in total. The predicted molar refractivity (Wildman–Crippen MR) is 82.5 cm³/mol. The molecule has 0 saturated heterocycles. The van der Waals surface area contributed by atoms with E-state index in [4.69, 9.17) is 10.3 Å². The number of imidazole rings is 1. The van der Waals surface area contributed by atoms with E-state index in [0.717, 1.165) is 5.56 Å². The third-order valence-corrected chi connectivity index (χ3v) is 2.80. The number of carbonyl (C=O) groups is 2. The van der Waals surface area contributed by atoms with Gasteiger partial charge >= 0.3 is 5.97 Å². The molecule has 23 heavy (non-hydrogen) atoms. The number of hydrogen-bond acceptors (Lipinski definition) is 5. The first-order chi connectivity index (χ1) is 10.9. The lowest BCUT2D eigenvalue weighted by Crippen LogP contribution is -2.13. The molecule has 1 aromatic heterocycles. The van der Waals surface area contributed by atoms with E-state index < -0.39 is 11.9 Å². The van der Waals surface area contributed by atoms with Crippen LogP contribution in [0.4, 0.5) is 11.8 Å². The van der Waals surface area contributed by atoms with Crippen molar-refractivity contribution < 1.29 is 14.3 Å². The first-order valence-electron chi connectivity index (χ1n) is 6.59. The maximum absolute atomic E-state index is 12.3. The van der Waals surface area contributed by atoms with Gasteiger partial charge in [-0.2, -0.15) is 0 Å². The minimum absolute atomic E-state index is 0.132. The Morgan fingerprint density at radius 1 is 1.39 bits per heavy atom. The molecule has 1 heterocycles. The van der Waals surface area contributed by atoms with Crippen molar-refractivity contribution in [2.75, 3.05) is 5.32 Å². The third kappa shape index (κ3) is 4.08. The molecule has 0 bridgehead atoms. The van der Waals surface area contributed by atoms with Crippen LogP contribution in [-0.2, 0) is 11.8 Å². The van der Waals surface area contributed by atoms with Crippen LogP contribution in [0.3, 0.4) is 0 Å². The van der Waals surface area contributed by atoms with E-state index in [1.807, 2.05) is 0 Å². The van der Waals surface area contributed by atoms with Gasteiger partial charge in [-0.1, -0.05) is 0 Å². The molecule has 0 unspecified atom stereocenters. The molecule has 2 aromatic rings. The average Bonchev–Trinajstić information content (AvgIpc) is 2.77. The molecule has 1 amide bonds. The van der Waals surface area contributed by atoms with E-state index in [2.05, 4.69) is 20.3 Å². The molecule has 0 spiro atoms. The third-order valence-electron chi connectivity index (χ3n) is 2.80. The minimum atomic E-state index is -0.467. The molecule has 0 saturated carbocycles. The highest BCUT2D eigenvalue weighted by atomic mass is 16.5. The summed E-state index contributed by atoms with van der Waals surface area (Å²) in [5, 5.41) is 5.98. The van der Waals surface area contributed by atoms with Gasteiger partial charge in [0.2, 0.25) is 0 Å². The maximum atomic E-state index is 12.3. The number of esters is 1. The molecule has 2 rings (SSSR count). The standard InChI is InChI=1S/C14H14N6O3/c1-8-4-10(6-11(5-8)23-9(2)21)13(22)16-12-7-20(3)14(17-12)18-19-15/h4-7H,1-3H3,(H,16,22). The van der Waals surface area contributed by atoms with Crippen LogP contribution in [-0.4, -0.2) is 21.4 Å². The zero-order chi connectivity index (χ0) is 17.0. The lowest BCUT2D eigenvalue weighted by atomic mass is 10.1. The molecule has 9 heteroatoms. The van der Waals surface area contributed by atoms with Crippen LogP contribution in [0.2, 0.25) is 0 Å². The van der Waals surface area contributed by atoms with E-state index in [1.165, 1.54) is 23.8 Å². The number of aromatic nitrogens is 2. The van der Waals surface area contributed by atoms with Gasteiger partial charge in [0.05, 0.1) is 0 Å². The highest BCUT2D eigenvalue weighted by Crippen LogP contribution is 2.19. The van der Waals surface area contributed by atoms with E-state index in [9.17, 15) is 9.59 Å². The minimum Gasteiger partial charge on any atom is -0.427 e. The monoisotopic (exact) mass is 314 g/mol. The van der Waals surface area contributed by atoms with Crippen molar-refractivity contribution in [3.8, 4) is 5.75 Å². The maximum Gasteiger partial charge on any atom is 0.308 e. The first-order valence-corrected chi connectivity index (χ1v) is 6.59. The second-order valence-corrected chi connectivity index (χ2v) is 4.81. The summed E-state index contributed by atoms with van der Waals surface area (Å²) in [7, 11) is 1.64. The first kappa shape index (κ1) is 16.1. The lowest BCUT2D eigenvalue weighted by Gasteiger charge is -2.07. The van der Waals surface area contributed by atoms with Gasteiger partial charge in [-0.05, 0) is 41.3 Å². The fraction of sp³-hybridized carbons (Fsp3) is 0.214. The molecule has 118 valence electrons. The smallest absolute Gasteiger partial charge is 0.308 e. The Kier molecular flexibility index (Phi) is 4.63.